The van der Waals surface area contributed by atoms with Crippen molar-refractivity contribution in [3.63, 3.8) is 0 Å². The lowest BCUT2D eigenvalue weighted by molar-refractivity contribution is -0.350. The Balaban J connectivity index is 1.08. The quantitative estimate of drug-likeness (QED) is 0.0767. The van der Waals surface area contributed by atoms with Crippen molar-refractivity contribution in [1.82, 2.24) is 19.9 Å². The number of halogens is 1. The maximum absolute atomic E-state index is 14.1. The molecule has 2 aromatic carbocycles. The van der Waals surface area contributed by atoms with Crippen LogP contribution in [0.4, 0.5) is 4.39 Å². The van der Waals surface area contributed by atoms with Gasteiger partial charge in [0.1, 0.15) is 78.6 Å². The molecule has 72 heavy (non-hydrogen) atoms. The number of likely N-dealkylation sites (tertiary alicyclic amines) is 1. The Morgan fingerprint density at radius 1 is 0.792 bits per heavy atom. The normalized spacial score (nSPS) is 37.7. The van der Waals surface area contributed by atoms with Crippen molar-refractivity contribution in [3.05, 3.63) is 72.2 Å². The molecule has 0 radical (unpaired) electrons. The minimum absolute atomic E-state index is 0.0555. The molecule has 1 aromatic heterocycles. The number of ether oxygens (including phenoxy) is 8. The number of hydrogen-bond acceptors (Lipinski definition) is 20. The van der Waals surface area contributed by atoms with Crippen LogP contribution in [0.25, 0.3) is 11.3 Å². The first-order valence-corrected chi connectivity index (χ1v) is 24.7. The number of aliphatic hydroxyl groups excluding tert-OH is 8. The SMILES string of the molecule is CCC[C@H](OC1C(OC(=O)c2ccccc2)[C@H](O[C@@H]2CC(CO[C@H]3OC(CO)[C@@H](O)C(n4cc(-c5cccc(F)c5)nn4)C3O)CC(C)C2O[C@@H]2OC(C)[C@@H](O)C(O)C2O)OC(CO)[C@@H]1O)C(=O)N1CCC1. The minimum Gasteiger partial charge on any atom is -0.450 e. The number of rotatable bonds is 18. The van der Waals surface area contributed by atoms with Gasteiger partial charge in [0.15, 0.2) is 25.0 Å². The lowest BCUT2D eigenvalue weighted by atomic mass is 9.78. The van der Waals surface area contributed by atoms with Gasteiger partial charge in [0.2, 0.25) is 0 Å². The average molecular weight is 1020 g/mol. The van der Waals surface area contributed by atoms with Crippen molar-refractivity contribution >= 4 is 11.9 Å². The van der Waals surface area contributed by atoms with Gasteiger partial charge in [0.05, 0.1) is 49.9 Å². The summed E-state index contributed by atoms with van der Waals surface area (Å²) in [5.41, 5.74) is 0.784. The van der Waals surface area contributed by atoms with E-state index in [1.165, 1.54) is 48.1 Å². The number of benzene rings is 2. The molecule has 3 aromatic rings. The number of esters is 1. The Bertz CT molecular complexity index is 2230. The van der Waals surface area contributed by atoms with E-state index in [4.69, 9.17) is 37.9 Å². The van der Waals surface area contributed by atoms with Crippen molar-refractivity contribution in [3.8, 4) is 11.3 Å². The van der Waals surface area contributed by atoms with E-state index in [2.05, 4.69) is 10.3 Å². The van der Waals surface area contributed by atoms with Gasteiger partial charge in [-0.05, 0) is 68.7 Å². The first-order valence-electron chi connectivity index (χ1n) is 24.7. The van der Waals surface area contributed by atoms with E-state index in [9.17, 15) is 54.8 Å². The van der Waals surface area contributed by atoms with E-state index in [0.29, 0.717) is 31.5 Å². The molecule has 4 aliphatic heterocycles. The van der Waals surface area contributed by atoms with Gasteiger partial charge in [0, 0.05) is 18.7 Å². The van der Waals surface area contributed by atoms with E-state index in [0.717, 1.165) is 6.42 Å². The third kappa shape index (κ3) is 11.9. The van der Waals surface area contributed by atoms with Gasteiger partial charge in [-0.1, -0.05) is 55.8 Å². The number of amides is 1. The molecule has 0 spiro atoms. The van der Waals surface area contributed by atoms with Crippen LogP contribution in [0, 0.1) is 17.7 Å². The molecule has 398 valence electrons. The predicted octanol–water partition coefficient (Wildman–Crippen LogP) is -0.185. The molecule has 1 aliphatic carbocycles. The summed E-state index contributed by atoms with van der Waals surface area (Å²) in [6.07, 6.45) is -20.5. The maximum atomic E-state index is 14.1. The second-order valence-electron chi connectivity index (χ2n) is 19.4. The molecule has 8 rings (SSSR count). The van der Waals surface area contributed by atoms with Crippen molar-refractivity contribution in [2.24, 2.45) is 11.8 Å². The van der Waals surface area contributed by atoms with Gasteiger partial charge >= 0.3 is 5.97 Å². The molecular formula is C49H67FN4O18. The highest BCUT2D eigenvalue weighted by Crippen LogP contribution is 2.40. The summed E-state index contributed by atoms with van der Waals surface area (Å²) < 4.78 is 65.4. The zero-order valence-electron chi connectivity index (χ0n) is 40.2. The fourth-order valence-corrected chi connectivity index (χ4v) is 10.1. The van der Waals surface area contributed by atoms with Crippen molar-refractivity contribution in [2.45, 2.75) is 163 Å². The summed E-state index contributed by atoms with van der Waals surface area (Å²) in [5, 5.41) is 96.2. The molecular weight excluding hydrogens is 952 g/mol. The van der Waals surface area contributed by atoms with Gasteiger partial charge in [-0.3, -0.25) is 4.79 Å². The topological polar surface area (TPSA) is 304 Å². The molecule has 4 saturated heterocycles. The van der Waals surface area contributed by atoms with E-state index in [1.54, 1.807) is 29.2 Å². The van der Waals surface area contributed by atoms with Gasteiger partial charge in [0.25, 0.3) is 5.91 Å². The second kappa shape index (κ2) is 24.0. The molecule has 1 saturated carbocycles. The first kappa shape index (κ1) is 54.1. The number of carbonyl (C=O) groups excluding carboxylic acids is 2. The summed E-state index contributed by atoms with van der Waals surface area (Å²) in [5.74, 6) is -2.62. The van der Waals surface area contributed by atoms with E-state index < -0.39 is 147 Å². The van der Waals surface area contributed by atoms with Gasteiger partial charge < -0.3 is 83.6 Å². The zero-order chi connectivity index (χ0) is 51.4. The number of hydrogen-bond donors (Lipinski definition) is 8. The molecule has 12 unspecified atom stereocenters. The standard InChI is InChI=1S/C49H67FN4O18/c1-4-10-31(45(63)53-15-9-16-53)67-43-38(59)34(22-56)70-49(44(43)71-46(64)27-11-6-5-7-12-27)68-32-18-26(17-24(2)42(32)72-48-41(62)40(61)36(57)25(3)66-48)23-65-47-39(60)35(37(58)33(21-55)69-47)54-20-30(51-52-54)28-13-8-14-29(50)19-28/h5-8,11-14,19-20,24-26,31-44,47-49,55-62H,4,9-10,15-18,21-23H2,1-3H3/t24?,25?,26?,31-,32+,33?,34?,35?,36+,37+,38-,39?,40?,41?,42?,43?,44?,47-,48-,49+/m0/s1. The van der Waals surface area contributed by atoms with Crippen LogP contribution < -0.4 is 0 Å². The van der Waals surface area contributed by atoms with Crippen LogP contribution >= 0.6 is 0 Å². The first-order chi connectivity index (χ1) is 34.6. The van der Waals surface area contributed by atoms with E-state index in [-0.39, 0.29) is 36.6 Å². The Morgan fingerprint density at radius 3 is 2.19 bits per heavy atom. The molecule has 20 atom stereocenters. The summed E-state index contributed by atoms with van der Waals surface area (Å²) in [4.78, 5) is 29.3. The smallest absolute Gasteiger partial charge is 0.338 e. The Hall–Kier alpha value is -4.15. The highest BCUT2D eigenvalue weighted by Gasteiger charge is 2.54. The summed E-state index contributed by atoms with van der Waals surface area (Å²) in [6, 6.07) is 12.4. The highest BCUT2D eigenvalue weighted by molar-refractivity contribution is 5.89. The monoisotopic (exact) mass is 1020 g/mol. The highest BCUT2D eigenvalue weighted by atomic mass is 19.1. The van der Waals surface area contributed by atoms with Gasteiger partial charge in [-0.25, -0.2) is 13.9 Å². The molecule has 0 bridgehead atoms. The lowest BCUT2D eigenvalue weighted by Gasteiger charge is -2.49. The summed E-state index contributed by atoms with van der Waals surface area (Å²) in [7, 11) is 0. The van der Waals surface area contributed by atoms with E-state index in [1.807, 2.05) is 13.8 Å². The van der Waals surface area contributed by atoms with Crippen molar-refractivity contribution in [1.29, 1.82) is 0 Å². The molecule has 8 N–H and O–H groups in total. The fraction of sp³-hybridized carbons (Fsp3) is 0.673. The van der Waals surface area contributed by atoms with Crippen LogP contribution in [0.3, 0.4) is 0 Å². The van der Waals surface area contributed by atoms with Crippen LogP contribution in [0.1, 0.15) is 69.3 Å². The fourth-order valence-electron chi connectivity index (χ4n) is 10.1. The van der Waals surface area contributed by atoms with Crippen LogP contribution in [0.5, 0.6) is 0 Å². The Morgan fingerprint density at radius 2 is 1.51 bits per heavy atom. The summed E-state index contributed by atoms with van der Waals surface area (Å²) >= 11 is 0. The molecule has 5 heterocycles. The van der Waals surface area contributed by atoms with Crippen LogP contribution in [-0.2, 0) is 42.7 Å². The van der Waals surface area contributed by atoms with Crippen LogP contribution in [0.2, 0.25) is 0 Å². The largest absolute Gasteiger partial charge is 0.450 e. The Labute approximate surface area is 415 Å². The van der Waals surface area contributed by atoms with Crippen molar-refractivity contribution in [2.75, 3.05) is 32.9 Å². The van der Waals surface area contributed by atoms with E-state index >= 15 is 0 Å². The predicted molar refractivity (Wildman–Crippen MR) is 244 cm³/mol. The lowest BCUT2D eigenvalue weighted by Crippen LogP contribution is -2.64. The summed E-state index contributed by atoms with van der Waals surface area (Å²) in [6.45, 7) is 4.68. The molecule has 1 amide bonds. The number of aliphatic hydroxyl groups is 8. The number of nitrogens with zero attached hydrogens (tertiary/aromatic N) is 4. The maximum Gasteiger partial charge on any atom is 0.338 e. The average Bonchev–Trinajstić information content (AvgIpc) is 3.84. The molecule has 23 heteroatoms. The zero-order valence-corrected chi connectivity index (χ0v) is 40.2. The molecule has 5 fully saturated rings. The third-order valence-corrected chi connectivity index (χ3v) is 14.3. The van der Waals surface area contributed by atoms with Crippen molar-refractivity contribution < 1.29 is 92.7 Å². The van der Waals surface area contributed by atoms with Gasteiger partial charge in [-0.2, -0.15) is 0 Å². The second-order valence-corrected chi connectivity index (χ2v) is 19.4. The third-order valence-electron chi connectivity index (χ3n) is 14.3. The molecule has 22 nitrogen and oxygen atoms in total. The minimum atomic E-state index is -1.70. The van der Waals surface area contributed by atoms with Crippen LogP contribution in [0.15, 0.2) is 60.8 Å². The van der Waals surface area contributed by atoms with Crippen LogP contribution in [-0.4, -0.2) is 210 Å². The van der Waals surface area contributed by atoms with Gasteiger partial charge in [-0.15, -0.1) is 5.10 Å². The Kier molecular flexibility index (Phi) is 18.1. The molecule has 5 aliphatic rings. The number of aromatic nitrogens is 3. The number of carbonyl (C=O) groups is 2.